The van der Waals surface area contributed by atoms with E-state index in [1.807, 2.05) is 6.92 Å². The Kier molecular flexibility index (Phi) is 5.25. The maximum atomic E-state index is 12.0. The fourth-order valence-electron chi connectivity index (χ4n) is 1.50. The van der Waals surface area contributed by atoms with Crippen LogP contribution in [0.3, 0.4) is 0 Å². The number of amides is 2. The summed E-state index contributed by atoms with van der Waals surface area (Å²) in [6.45, 7) is 3.79. The minimum atomic E-state index is -1.11. The summed E-state index contributed by atoms with van der Waals surface area (Å²) in [4.78, 5) is 36.1. The standard InChI is InChI=1S/C14H18N2O4/c1-4-16(3)13(18)11-7-5-6-10(8-11)12(17)15-9(2)14(19)20/h5-9H,4H2,1-3H3,(H,15,17)(H,19,20)/t9-/m0/s1. The van der Waals surface area contributed by atoms with Crippen LogP contribution in [-0.4, -0.2) is 47.4 Å². The van der Waals surface area contributed by atoms with Gasteiger partial charge in [-0.25, -0.2) is 0 Å². The highest BCUT2D eigenvalue weighted by Crippen LogP contribution is 2.08. The molecule has 20 heavy (non-hydrogen) atoms. The normalized spacial score (nSPS) is 11.6. The molecular formula is C14H18N2O4. The van der Waals surface area contributed by atoms with Crippen LogP contribution >= 0.6 is 0 Å². The second kappa shape index (κ2) is 6.70. The van der Waals surface area contributed by atoms with Gasteiger partial charge in [-0.3, -0.25) is 14.4 Å². The molecule has 1 aromatic carbocycles. The molecule has 0 saturated carbocycles. The Morgan fingerprint density at radius 2 is 1.90 bits per heavy atom. The molecule has 0 spiro atoms. The second-order valence-corrected chi connectivity index (χ2v) is 4.43. The summed E-state index contributed by atoms with van der Waals surface area (Å²) in [5.74, 6) is -1.82. The molecule has 0 fully saturated rings. The molecule has 2 amide bonds. The van der Waals surface area contributed by atoms with E-state index in [9.17, 15) is 14.4 Å². The number of nitrogens with one attached hydrogen (secondary N) is 1. The Bertz CT molecular complexity index is 528. The maximum absolute atomic E-state index is 12.0. The van der Waals surface area contributed by atoms with Crippen LogP contribution in [0.25, 0.3) is 0 Å². The molecule has 6 heteroatoms. The van der Waals surface area contributed by atoms with Crippen LogP contribution in [0.4, 0.5) is 0 Å². The van der Waals surface area contributed by atoms with E-state index in [0.29, 0.717) is 12.1 Å². The molecule has 0 saturated heterocycles. The van der Waals surface area contributed by atoms with Crippen molar-refractivity contribution in [3.8, 4) is 0 Å². The van der Waals surface area contributed by atoms with E-state index in [2.05, 4.69) is 5.32 Å². The summed E-state index contributed by atoms with van der Waals surface area (Å²) >= 11 is 0. The van der Waals surface area contributed by atoms with E-state index in [4.69, 9.17) is 5.11 Å². The molecule has 0 radical (unpaired) electrons. The number of carboxylic acid groups (broad SMARTS) is 1. The van der Waals surface area contributed by atoms with Gasteiger partial charge >= 0.3 is 5.97 Å². The average molecular weight is 278 g/mol. The molecule has 1 aromatic rings. The minimum Gasteiger partial charge on any atom is -0.480 e. The van der Waals surface area contributed by atoms with Crippen LogP contribution in [-0.2, 0) is 4.79 Å². The van der Waals surface area contributed by atoms with E-state index in [-0.39, 0.29) is 11.5 Å². The molecular weight excluding hydrogens is 260 g/mol. The van der Waals surface area contributed by atoms with Crippen LogP contribution in [0.5, 0.6) is 0 Å². The highest BCUT2D eigenvalue weighted by Gasteiger charge is 2.17. The SMILES string of the molecule is CCN(C)C(=O)c1cccc(C(=O)N[C@@H](C)C(=O)O)c1. The quantitative estimate of drug-likeness (QED) is 0.840. The van der Waals surface area contributed by atoms with E-state index < -0.39 is 17.9 Å². The van der Waals surface area contributed by atoms with Crippen LogP contribution in [0.2, 0.25) is 0 Å². The van der Waals surface area contributed by atoms with Crippen LogP contribution in [0, 0.1) is 0 Å². The molecule has 1 rings (SSSR count). The summed E-state index contributed by atoms with van der Waals surface area (Å²) in [6, 6.07) is 5.22. The molecule has 0 aliphatic heterocycles. The second-order valence-electron chi connectivity index (χ2n) is 4.43. The Hall–Kier alpha value is -2.37. The number of benzene rings is 1. The van der Waals surface area contributed by atoms with Crippen molar-refractivity contribution in [2.24, 2.45) is 0 Å². The molecule has 0 aliphatic carbocycles. The molecule has 2 N–H and O–H groups in total. The van der Waals surface area contributed by atoms with Crippen molar-refractivity contribution in [1.29, 1.82) is 0 Å². The average Bonchev–Trinajstić information content (AvgIpc) is 2.45. The van der Waals surface area contributed by atoms with Gasteiger partial charge in [0.2, 0.25) is 0 Å². The van der Waals surface area contributed by atoms with E-state index in [1.165, 1.54) is 24.0 Å². The van der Waals surface area contributed by atoms with Gasteiger partial charge in [0.25, 0.3) is 11.8 Å². The van der Waals surface area contributed by atoms with E-state index in [0.717, 1.165) is 0 Å². The lowest BCUT2D eigenvalue weighted by atomic mass is 10.1. The number of carbonyl (C=O) groups excluding carboxylic acids is 2. The summed E-state index contributed by atoms with van der Waals surface area (Å²) in [7, 11) is 1.67. The summed E-state index contributed by atoms with van der Waals surface area (Å²) in [5, 5.41) is 11.1. The van der Waals surface area contributed by atoms with Gasteiger partial charge < -0.3 is 15.3 Å². The molecule has 108 valence electrons. The summed E-state index contributed by atoms with van der Waals surface area (Å²) in [6.07, 6.45) is 0. The molecule has 0 aromatic heterocycles. The van der Waals surface area contributed by atoms with Gasteiger partial charge in [-0.15, -0.1) is 0 Å². The highest BCUT2D eigenvalue weighted by atomic mass is 16.4. The molecule has 0 unspecified atom stereocenters. The number of hydrogen-bond donors (Lipinski definition) is 2. The predicted octanol–water partition coefficient (Wildman–Crippen LogP) is 0.981. The van der Waals surface area contributed by atoms with Crippen molar-refractivity contribution in [2.45, 2.75) is 19.9 Å². The van der Waals surface area contributed by atoms with Gasteiger partial charge in [-0.05, 0) is 32.0 Å². The van der Waals surface area contributed by atoms with Gasteiger partial charge in [-0.2, -0.15) is 0 Å². The first-order valence-electron chi connectivity index (χ1n) is 6.26. The Balaban J connectivity index is 2.90. The monoisotopic (exact) mass is 278 g/mol. The van der Waals surface area contributed by atoms with Gasteiger partial charge in [0.15, 0.2) is 0 Å². The predicted molar refractivity (Wildman–Crippen MR) is 73.6 cm³/mol. The van der Waals surface area contributed by atoms with Gasteiger partial charge in [0.05, 0.1) is 0 Å². The Morgan fingerprint density at radius 1 is 1.30 bits per heavy atom. The van der Waals surface area contributed by atoms with Gasteiger partial charge in [-0.1, -0.05) is 6.07 Å². The lowest BCUT2D eigenvalue weighted by Crippen LogP contribution is -2.38. The minimum absolute atomic E-state index is 0.187. The largest absolute Gasteiger partial charge is 0.480 e. The Morgan fingerprint density at radius 3 is 2.45 bits per heavy atom. The number of hydrogen-bond acceptors (Lipinski definition) is 3. The Labute approximate surface area is 117 Å². The fourth-order valence-corrected chi connectivity index (χ4v) is 1.50. The van der Waals surface area contributed by atoms with Crippen molar-refractivity contribution >= 4 is 17.8 Å². The molecule has 0 heterocycles. The van der Waals surface area contributed by atoms with Crippen molar-refractivity contribution in [3.63, 3.8) is 0 Å². The van der Waals surface area contributed by atoms with Crippen molar-refractivity contribution in [2.75, 3.05) is 13.6 Å². The topological polar surface area (TPSA) is 86.7 Å². The highest BCUT2D eigenvalue weighted by molar-refractivity contribution is 6.00. The van der Waals surface area contributed by atoms with Crippen LogP contribution in [0.1, 0.15) is 34.6 Å². The lowest BCUT2D eigenvalue weighted by molar-refractivity contribution is -0.138. The smallest absolute Gasteiger partial charge is 0.325 e. The molecule has 0 aliphatic rings. The van der Waals surface area contributed by atoms with Gasteiger partial charge in [0.1, 0.15) is 6.04 Å². The fraction of sp³-hybridized carbons (Fsp3) is 0.357. The number of carbonyl (C=O) groups is 3. The number of aliphatic carboxylic acids is 1. The number of carboxylic acids is 1. The number of rotatable bonds is 5. The third-order valence-electron chi connectivity index (χ3n) is 2.91. The summed E-state index contributed by atoms with van der Waals surface area (Å²) < 4.78 is 0. The lowest BCUT2D eigenvalue weighted by Gasteiger charge is -2.15. The first-order valence-corrected chi connectivity index (χ1v) is 6.26. The first-order chi connectivity index (χ1) is 9.36. The zero-order valence-corrected chi connectivity index (χ0v) is 11.7. The van der Waals surface area contributed by atoms with E-state index >= 15 is 0 Å². The van der Waals surface area contributed by atoms with Crippen LogP contribution in [0.15, 0.2) is 24.3 Å². The van der Waals surface area contributed by atoms with Crippen molar-refractivity contribution in [3.05, 3.63) is 35.4 Å². The zero-order chi connectivity index (χ0) is 15.3. The molecule has 6 nitrogen and oxygen atoms in total. The number of nitrogens with zero attached hydrogens (tertiary/aromatic N) is 1. The van der Waals surface area contributed by atoms with Crippen molar-refractivity contribution < 1.29 is 19.5 Å². The molecule has 1 atom stereocenters. The third kappa shape index (κ3) is 3.81. The maximum Gasteiger partial charge on any atom is 0.325 e. The van der Waals surface area contributed by atoms with Crippen LogP contribution < -0.4 is 5.32 Å². The first kappa shape index (κ1) is 15.7. The van der Waals surface area contributed by atoms with Crippen molar-refractivity contribution in [1.82, 2.24) is 10.2 Å². The third-order valence-corrected chi connectivity index (χ3v) is 2.91. The zero-order valence-electron chi connectivity index (χ0n) is 11.7. The summed E-state index contributed by atoms with van der Waals surface area (Å²) in [5.41, 5.74) is 0.651. The van der Waals surface area contributed by atoms with E-state index in [1.54, 1.807) is 19.2 Å². The van der Waals surface area contributed by atoms with Gasteiger partial charge in [0, 0.05) is 24.7 Å². The molecule has 0 bridgehead atoms.